The number of carbonyl (C=O) groups excluding carboxylic acids is 2. The van der Waals surface area contributed by atoms with Crippen molar-refractivity contribution in [3.8, 4) is 5.75 Å². The Morgan fingerprint density at radius 1 is 1.20 bits per heavy atom. The summed E-state index contributed by atoms with van der Waals surface area (Å²) in [6, 6.07) is 10.9. The predicted molar refractivity (Wildman–Crippen MR) is 130 cm³/mol. The molecule has 0 bridgehead atoms. The SMILES string of the molecule is CCCCI.Cc1cccc(C(=O)N(C)NC(=O)c2ccc3c(c2C)CCCO3)c1. The van der Waals surface area contributed by atoms with Gasteiger partial charge in [0.2, 0.25) is 0 Å². The number of hydrogen-bond donors (Lipinski definition) is 1. The Morgan fingerprint density at radius 3 is 2.60 bits per heavy atom. The summed E-state index contributed by atoms with van der Waals surface area (Å²) in [6.07, 6.45) is 4.56. The highest BCUT2D eigenvalue weighted by atomic mass is 127. The molecule has 2 aromatic rings. The molecule has 0 fully saturated rings. The average Bonchev–Trinajstić information content (AvgIpc) is 2.74. The fourth-order valence-corrected chi connectivity index (χ4v) is 3.99. The van der Waals surface area contributed by atoms with Crippen LogP contribution in [0, 0.1) is 13.8 Å². The van der Waals surface area contributed by atoms with Crippen molar-refractivity contribution in [3.63, 3.8) is 0 Å². The zero-order chi connectivity index (χ0) is 22.1. The summed E-state index contributed by atoms with van der Waals surface area (Å²) in [5.41, 5.74) is 6.75. The molecule has 1 N–H and O–H groups in total. The number of benzene rings is 2. The van der Waals surface area contributed by atoms with Gasteiger partial charge in [-0.3, -0.25) is 20.0 Å². The summed E-state index contributed by atoms with van der Waals surface area (Å²) < 4.78 is 6.94. The van der Waals surface area contributed by atoms with E-state index in [0.717, 1.165) is 35.3 Å². The van der Waals surface area contributed by atoms with Crippen molar-refractivity contribution in [2.45, 2.75) is 46.5 Å². The monoisotopic (exact) mass is 522 g/mol. The highest BCUT2D eigenvalue weighted by Gasteiger charge is 2.20. The third-order valence-electron chi connectivity index (χ3n) is 4.95. The zero-order valence-electron chi connectivity index (χ0n) is 18.3. The molecule has 0 unspecified atom stereocenters. The Labute approximate surface area is 193 Å². The number of aryl methyl sites for hydroxylation is 1. The molecule has 1 aliphatic rings. The van der Waals surface area contributed by atoms with E-state index in [-0.39, 0.29) is 11.8 Å². The number of alkyl halides is 1. The lowest BCUT2D eigenvalue weighted by Crippen LogP contribution is -2.43. The second-order valence-corrected chi connectivity index (χ2v) is 8.46. The molecule has 30 heavy (non-hydrogen) atoms. The molecule has 0 saturated carbocycles. The molecular weight excluding hydrogens is 491 g/mol. The highest BCUT2D eigenvalue weighted by Crippen LogP contribution is 2.29. The van der Waals surface area contributed by atoms with Crippen molar-refractivity contribution < 1.29 is 14.3 Å². The number of ether oxygens (including phenoxy) is 1. The van der Waals surface area contributed by atoms with Crippen LogP contribution >= 0.6 is 22.6 Å². The Bertz CT molecular complexity index is 881. The fraction of sp³-hybridized carbons (Fsp3) is 0.417. The minimum atomic E-state index is -0.297. The largest absolute Gasteiger partial charge is 0.493 e. The fourth-order valence-electron chi connectivity index (χ4n) is 3.22. The van der Waals surface area contributed by atoms with E-state index in [9.17, 15) is 9.59 Å². The van der Waals surface area contributed by atoms with Gasteiger partial charge < -0.3 is 4.74 Å². The smallest absolute Gasteiger partial charge is 0.272 e. The molecule has 0 atom stereocenters. The van der Waals surface area contributed by atoms with Gasteiger partial charge in [-0.2, -0.15) is 0 Å². The molecule has 5 nitrogen and oxygen atoms in total. The summed E-state index contributed by atoms with van der Waals surface area (Å²) in [6.45, 7) is 6.77. The number of unbranched alkanes of at least 4 members (excludes halogenated alkanes) is 1. The first-order valence-electron chi connectivity index (χ1n) is 10.4. The van der Waals surface area contributed by atoms with E-state index in [2.05, 4.69) is 34.9 Å². The van der Waals surface area contributed by atoms with Crippen LogP contribution in [0.1, 0.15) is 63.6 Å². The Hall–Kier alpha value is -2.09. The third-order valence-corrected chi connectivity index (χ3v) is 5.72. The van der Waals surface area contributed by atoms with Crippen LogP contribution < -0.4 is 10.2 Å². The van der Waals surface area contributed by atoms with E-state index in [1.807, 2.05) is 32.0 Å². The number of halogens is 1. The van der Waals surface area contributed by atoms with Gasteiger partial charge in [0, 0.05) is 18.2 Å². The first kappa shape index (κ1) is 24.2. The number of rotatable bonds is 4. The molecule has 0 saturated heterocycles. The Balaban J connectivity index is 0.000000575. The quantitative estimate of drug-likeness (QED) is 0.338. The number of fused-ring (bicyclic) bond motifs is 1. The van der Waals surface area contributed by atoms with Crippen LogP contribution in [0.25, 0.3) is 0 Å². The zero-order valence-corrected chi connectivity index (χ0v) is 20.4. The van der Waals surface area contributed by atoms with Gasteiger partial charge in [-0.05, 0) is 72.9 Å². The number of amides is 2. The molecule has 6 heteroatoms. The summed E-state index contributed by atoms with van der Waals surface area (Å²) >= 11 is 2.39. The van der Waals surface area contributed by atoms with Crippen LogP contribution in [-0.4, -0.2) is 34.9 Å². The lowest BCUT2D eigenvalue weighted by atomic mass is 9.96. The minimum Gasteiger partial charge on any atom is -0.493 e. The van der Waals surface area contributed by atoms with E-state index in [4.69, 9.17) is 4.74 Å². The minimum absolute atomic E-state index is 0.254. The van der Waals surface area contributed by atoms with Gasteiger partial charge in [-0.25, -0.2) is 0 Å². The lowest BCUT2D eigenvalue weighted by molar-refractivity contribution is 0.0636. The summed E-state index contributed by atoms with van der Waals surface area (Å²) in [5.74, 6) is 0.301. The average molecular weight is 522 g/mol. The van der Waals surface area contributed by atoms with E-state index >= 15 is 0 Å². The first-order valence-corrected chi connectivity index (χ1v) is 11.9. The van der Waals surface area contributed by atoms with Crippen LogP contribution in [0.2, 0.25) is 0 Å². The van der Waals surface area contributed by atoms with Gasteiger partial charge in [0.15, 0.2) is 0 Å². The molecule has 3 rings (SSSR count). The number of hydrazine groups is 1. The maximum atomic E-state index is 12.6. The molecule has 1 aliphatic heterocycles. The van der Waals surface area contributed by atoms with Crippen LogP contribution in [-0.2, 0) is 6.42 Å². The molecule has 0 aromatic heterocycles. The Morgan fingerprint density at radius 2 is 1.97 bits per heavy atom. The summed E-state index contributed by atoms with van der Waals surface area (Å²) in [7, 11) is 1.55. The van der Waals surface area contributed by atoms with E-state index in [1.54, 1.807) is 25.2 Å². The van der Waals surface area contributed by atoms with Gasteiger partial charge in [0.05, 0.1) is 6.61 Å². The second kappa shape index (κ2) is 11.9. The van der Waals surface area contributed by atoms with Crippen molar-refractivity contribution >= 4 is 34.4 Å². The van der Waals surface area contributed by atoms with Crippen molar-refractivity contribution in [1.29, 1.82) is 0 Å². The normalized spacial score (nSPS) is 12.0. The van der Waals surface area contributed by atoms with Crippen molar-refractivity contribution in [2.75, 3.05) is 18.1 Å². The van der Waals surface area contributed by atoms with Gasteiger partial charge in [-0.15, -0.1) is 0 Å². The predicted octanol–water partition coefficient (Wildman–Crippen LogP) is 5.27. The van der Waals surface area contributed by atoms with Crippen LogP contribution in [0.15, 0.2) is 36.4 Å². The molecule has 0 spiro atoms. The standard InChI is InChI=1S/C20H22N2O3.C4H9I/c1-13-6-4-7-15(12-13)20(24)22(3)21-19(23)17-9-10-18-16(14(17)2)8-5-11-25-18;1-2-3-4-5/h4,6-7,9-10,12H,5,8,11H2,1-3H3,(H,21,23);2-4H2,1H3. The number of carbonyl (C=O) groups is 2. The molecule has 0 radical (unpaired) electrons. The number of nitrogens with zero attached hydrogens (tertiary/aromatic N) is 1. The highest BCUT2D eigenvalue weighted by molar-refractivity contribution is 14.1. The second-order valence-electron chi connectivity index (χ2n) is 7.38. The summed E-state index contributed by atoms with van der Waals surface area (Å²) in [5, 5.41) is 1.23. The van der Waals surface area contributed by atoms with Crippen LogP contribution in [0.5, 0.6) is 5.75 Å². The van der Waals surface area contributed by atoms with Crippen LogP contribution in [0.3, 0.4) is 0 Å². The third kappa shape index (κ3) is 6.45. The van der Waals surface area contributed by atoms with E-state index in [1.165, 1.54) is 22.3 Å². The molecule has 162 valence electrons. The number of nitrogens with one attached hydrogen (secondary N) is 1. The van der Waals surface area contributed by atoms with Gasteiger partial charge in [0.25, 0.3) is 11.8 Å². The van der Waals surface area contributed by atoms with E-state index in [0.29, 0.717) is 17.7 Å². The maximum absolute atomic E-state index is 12.6. The molecule has 1 heterocycles. The van der Waals surface area contributed by atoms with Gasteiger partial charge >= 0.3 is 0 Å². The molecular formula is C24H31IN2O3. The first-order chi connectivity index (χ1) is 14.4. The van der Waals surface area contributed by atoms with Crippen molar-refractivity contribution in [3.05, 3.63) is 64.2 Å². The van der Waals surface area contributed by atoms with Gasteiger partial charge in [0.1, 0.15) is 5.75 Å². The van der Waals surface area contributed by atoms with Crippen molar-refractivity contribution in [2.24, 2.45) is 0 Å². The number of hydrogen-bond acceptors (Lipinski definition) is 3. The molecule has 2 aromatic carbocycles. The molecule has 2 amide bonds. The lowest BCUT2D eigenvalue weighted by Gasteiger charge is -2.22. The van der Waals surface area contributed by atoms with Crippen molar-refractivity contribution in [1.82, 2.24) is 10.4 Å². The maximum Gasteiger partial charge on any atom is 0.272 e. The topological polar surface area (TPSA) is 58.6 Å². The summed E-state index contributed by atoms with van der Waals surface area (Å²) in [4.78, 5) is 25.1. The Kier molecular flexibility index (Phi) is 9.62. The van der Waals surface area contributed by atoms with E-state index < -0.39 is 0 Å². The molecule has 0 aliphatic carbocycles. The van der Waals surface area contributed by atoms with Crippen LogP contribution in [0.4, 0.5) is 0 Å². The van der Waals surface area contributed by atoms with Gasteiger partial charge in [-0.1, -0.05) is 53.6 Å².